The van der Waals surface area contributed by atoms with Gasteiger partial charge in [-0.15, -0.1) is 11.3 Å². The third kappa shape index (κ3) is 2.82. The third-order valence-electron chi connectivity index (χ3n) is 3.03. The van der Waals surface area contributed by atoms with Crippen LogP contribution in [0, 0.1) is 12.7 Å². The van der Waals surface area contributed by atoms with Crippen molar-refractivity contribution in [3.05, 3.63) is 53.0 Å². The smallest absolute Gasteiger partial charge is 0.240 e. The number of aryl methyl sites for hydroxylation is 1. The van der Waals surface area contributed by atoms with Crippen LogP contribution in [0.1, 0.15) is 11.3 Å². The van der Waals surface area contributed by atoms with Crippen molar-refractivity contribution in [1.29, 1.82) is 0 Å². The van der Waals surface area contributed by atoms with Crippen molar-refractivity contribution in [2.75, 3.05) is 0 Å². The van der Waals surface area contributed by atoms with Crippen LogP contribution in [-0.2, 0) is 16.6 Å². The van der Waals surface area contributed by atoms with Crippen molar-refractivity contribution >= 4 is 26.3 Å². The summed E-state index contributed by atoms with van der Waals surface area (Å²) in [5, 5.41) is 1.90. The number of hydrogen-bond donors (Lipinski definition) is 1. The Balaban J connectivity index is 1.79. The number of benzene rings is 1. The summed E-state index contributed by atoms with van der Waals surface area (Å²) in [6, 6.07) is 3.70. The summed E-state index contributed by atoms with van der Waals surface area (Å²) in [7, 11) is -3.68. The zero-order chi connectivity index (χ0) is 15.0. The number of aromatic nitrogens is 2. The van der Waals surface area contributed by atoms with Crippen LogP contribution in [0.15, 0.2) is 40.9 Å². The van der Waals surface area contributed by atoms with Crippen molar-refractivity contribution in [1.82, 2.24) is 14.1 Å². The summed E-state index contributed by atoms with van der Waals surface area (Å²) in [5.41, 5.74) is 0.921. The van der Waals surface area contributed by atoms with E-state index < -0.39 is 15.8 Å². The largest absolute Gasteiger partial charge is 0.297 e. The van der Waals surface area contributed by atoms with Crippen LogP contribution in [0.25, 0.3) is 4.96 Å². The third-order valence-corrected chi connectivity index (χ3v) is 5.20. The lowest BCUT2D eigenvalue weighted by Gasteiger charge is -2.06. The molecule has 0 radical (unpaired) electrons. The minimum atomic E-state index is -3.68. The minimum absolute atomic E-state index is 0.0439. The lowest BCUT2D eigenvalue weighted by molar-refractivity contribution is 0.579. The van der Waals surface area contributed by atoms with Gasteiger partial charge in [-0.25, -0.2) is 22.5 Å². The second kappa shape index (κ2) is 5.21. The summed E-state index contributed by atoms with van der Waals surface area (Å²) in [6.45, 7) is 1.62. The van der Waals surface area contributed by atoms with Crippen molar-refractivity contribution in [3.8, 4) is 0 Å². The van der Waals surface area contributed by atoms with E-state index in [0.717, 1.165) is 11.0 Å². The maximum absolute atomic E-state index is 13.2. The number of nitrogens with zero attached hydrogens (tertiary/aromatic N) is 2. The Morgan fingerprint density at radius 3 is 2.95 bits per heavy atom. The summed E-state index contributed by atoms with van der Waals surface area (Å²) in [5.74, 6) is -0.428. The van der Waals surface area contributed by atoms with E-state index in [1.807, 2.05) is 16.0 Å². The molecular formula is C13H12FN3O2S2. The van der Waals surface area contributed by atoms with E-state index in [4.69, 9.17) is 0 Å². The van der Waals surface area contributed by atoms with Crippen molar-refractivity contribution in [2.24, 2.45) is 0 Å². The van der Waals surface area contributed by atoms with Crippen LogP contribution in [0.4, 0.5) is 4.39 Å². The average molecular weight is 325 g/mol. The van der Waals surface area contributed by atoms with Gasteiger partial charge in [0.05, 0.1) is 17.1 Å². The second-order valence-electron chi connectivity index (χ2n) is 4.56. The van der Waals surface area contributed by atoms with Crippen molar-refractivity contribution in [3.63, 3.8) is 0 Å². The predicted molar refractivity (Wildman–Crippen MR) is 78.2 cm³/mol. The number of halogens is 1. The molecule has 1 N–H and O–H groups in total. The van der Waals surface area contributed by atoms with Crippen molar-refractivity contribution < 1.29 is 12.8 Å². The molecule has 0 amide bonds. The number of nitrogens with one attached hydrogen (secondary N) is 1. The monoisotopic (exact) mass is 325 g/mol. The van der Waals surface area contributed by atoms with E-state index in [1.54, 1.807) is 6.20 Å². The molecule has 5 nitrogen and oxygen atoms in total. The zero-order valence-corrected chi connectivity index (χ0v) is 12.7. The molecule has 8 heteroatoms. The van der Waals surface area contributed by atoms with Crippen LogP contribution in [0.2, 0.25) is 0 Å². The SMILES string of the molecule is Cc1cc(S(=O)(=O)NCc2cn3ccsc3n2)ccc1F. The predicted octanol–water partition coefficient (Wildman–Crippen LogP) is 2.32. The Morgan fingerprint density at radius 2 is 2.24 bits per heavy atom. The lowest BCUT2D eigenvalue weighted by atomic mass is 10.2. The first kappa shape index (κ1) is 14.2. The molecule has 0 spiro atoms. The van der Waals surface area contributed by atoms with E-state index in [-0.39, 0.29) is 11.4 Å². The molecular weight excluding hydrogens is 313 g/mol. The Bertz CT molecular complexity index is 871. The minimum Gasteiger partial charge on any atom is -0.297 e. The number of thiazole rings is 1. The first-order valence-electron chi connectivity index (χ1n) is 6.12. The lowest BCUT2D eigenvalue weighted by Crippen LogP contribution is -2.23. The highest BCUT2D eigenvalue weighted by molar-refractivity contribution is 7.89. The normalized spacial score (nSPS) is 12.1. The number of hydrogen-bond acceptors (Lipinski definition) is 4. The average Bonchev–Trinajstić information content (AvgIpc) is 3.00. The quantitative estimate of drug-likeness (QED) is 0.801. The highest BCUT2D eigenvalue weighted by Crippen LogP contribution is 2.15. The van der Waals surface area contributed by atoms with E-state index in [9.17, 15) is 12.8 Å². The molecule has 110 valence electrons. The van der Waals surface area contributed by atoms with Gasteiger partial charge in [-0.05, 0) is 30.7 Å². The first-order chi connectivity index (χ1) is 9.95. The van der Waals surface area contributed by atoms with E-state index >= 15 is 0 Å². The van der Waals surface area contributed by atoms with Crippen LogP contribution in [0.3, 0.4) is 0 Å². The van der Waals surface area contributed by atoms with Crippen LogP contribution < -0.4 is 4.72 Å². The Labute approximate surface area is 125 Å². The molecule has 0 aliphatic heterocycles. The van der Waals surface area contributed by atoms with Crippen molar-refractivity contribution in [2.45, 2.75) is 18.4 Å². The molecule has 0 aliphatic rings. The molecule has 3 aromatic rings. The molecule has 0 saturated carbocycles. The summed E-state index contributed by atoms with van der Waals surface area (Å²) >= 11 is 1.47. The van der Waals surface area contributed by atoms with Crippen LogP contribution in [0.5, 0.6) is 0 Å². The fourth-order valence-corrected chi connectivity index (χ4v) is 3.70. The Morgan fingerprint density at radius 1 is 1.43 bits per heavy atom. The van der Waals surface area contributed by atoms with Gasteiger partial charge in [-0.1, -0.05) is 0 Å². The Hall–Kier alpha value is -1.77. The van der Waals surface area contributed by atoms with Gasteiger partial charge < -0.3 is 0 Å². The van der Waals surface area contributed by atoms with Gasteiger partial charge in [0, 0.05) is 17.8 Å². The number of rotatable bonds is 4. The summed E-state index contributed by atoms with van der Waals surface area (Å²) < 4.78 is 41.8. The highest BCUT2D eigenvalue weighted by atomic mass is 32.2. The molecule has 2 heterocycles. The highest BCUT2D eigenvalue weighted by Gasteiger charge is 2.15. The van der Waals surface area contributed by atoms with Gasteiger partial charge in [0.2, 0.25) is 10.0 Å². The first-order valence-corrected chi connectivity index (χ1v) is 8.49. The zero-order valence-electron chi connectivity index (χ0n) is 11.1. The Kier molecular flexibility index (Phi) is 3.52. The number of fused-ring (bicyclic) bond motifs is 1. The summed E-state index contributed by atoms with van der Waals surface area (Å²) in [6.07, 6.45) is 3.62. The van der Waals surface area contributed by atoms with Gasteiger partial charge in [-0.2, -0.15) is 0 Å². The molecule has 21 heavy (non-hydrogen) atoms. The van der Waals surface area contributed by atoms with E-state index in [0.29, 0.717) is 11.3 Å². The van der Waals surface area contributed by atoms with Gasteiger partial charge in [0.15, 0.2) is 4.96 Å². The molecule has 0 bridgehead atoms. The van der Waals surface area contributed by atoms with Crippen LogP contribution >= 0.6 is 11.3 Å². The topological polar surface area (TPSA) is 63.5 Å². The number of imidazole rings is 1. The fourth-order valence-electron chi connectivity index (χ4n) is 1.90. The molecule has 2 aromatic heterocycles. The van der Waals surface area contributed by atoms with E-state index in [1.165, 1.54) is 30.4 Å². The molecule has 0 atom stereocenters. The second-order valence-corrected chi connectivity index (χ2v) is 7.20. The molecule has 0 saturated heterocycles. The molecule has 3 rings (SSSR count). The maximum atomic E-state index is 13.2. The molecule has 0 aliphatic carbocycles. The van der Waals surface area contributed by atoms with Gasteiger partial charge in [0.25, 0.3) is 0 Å². The summed E-state index contributed by atoms with van der Waals surface area (Å²) in [4.78, 5) is 5.15. The molecule has 0 unspecified atom stereocenters. The number of sulfonamides is 1. The van der Waals surface area contributed by atoms with Gasteiger partial charge >= 0.3 is 0 Å². The van der Waals surface area contributed by atoms with E-state index in [2.05, 4.69) is 9.71 Å². The maximum Gasteiger partial charge on any atom is 0.240 e. The standard InChI is InChI=1S/C13H12FN3O2S2/c1-9-6-11(2-3-12(9)14)21(18,19)15-7-10-8-17-4-5-20-13(17)16-10/h2-6,8,15H,7H2,1H3. The van der Waals surface area contributed by atoms with Crippen LogP contribution in [-0.4, -0.2) is 17.8 Å². The van der Waals surface area contributed by atoms with Gasteiger partial charge in [-0.3, -0.25) is 4.40 Å². The van der Waals surface area contributed by atoms with Gasteiger partial charge in [0.1, 0.15) is 5.82 Å². The molecule has 1 aromatic carbocycles. The fraction of sp³-hybridized carbons (Fsp3) is 0.154. The molecule has 0 fully saturated rings.